The monoisotopic (exact) mass is 300 g/mol. The Bertz CT molecular complexity index is 750. The van der Waals surface area contributed by atoms with Crippen molar-refractivity contribution in [3.8, 4) is 0 Å². The van der Waals surface area contributed by atoms with Crippen molar-refractivity contribution in [2.45, 2.75) is 6.92 Å². The van der Waals surface area contributed by atoms with E-state index < -0.39 is 5.91 Å². The highest BCUT2D eigenvalue weighted by molar-refractivity contribution is 6.03. The highest BCUT2D eigenvalue weighted by Crippen LogP contribution is 2.10. The Balaban J connectivity index is 2.10. The molecular weight excluding hydrogens is 284 g/mol. The molecule has 2 rings (SSSR count). The molecule has 2 N–H and O–H groups in total. The Morgan fingerprint density at radius 2 is 1.77 bits per heavy atom. The molecular formula is C15H16N4O3. The first kappa shape index (κ1) is 15.4. The van der Waals surface area contributed by atoms with Gasteiger partial charge in [0, 0.05) is 30.9 Å². The number of rotatable bonds is 4. The average molecular weight is 300 g/mol. The predicted molar refractivity (Wildman–Crippen MR) is 81.9 cm³/mol. The van der Waals surface area contributed by atoms with E-state index in [1.807, 2.05) is 6.92 Å². The standard InChI is InChI=1S/C15H16N4O3/c1-3-16-14(21)10-4-6-11(7-5-10)17-15(22)12-8-9-13(20)19(2)18-12/h4-9H,3H2,1-2H3,(H,16,21)(H,17,22). The highest BCUT2D eigenvalue weighted by atomic mass is 16.2. The van der Waals surface area contributed by atoms with Crippen molar-refractivity contribution in [1.29, 1.82) is 0 Å². The minimum absolute atomic E-state index is 0.134. The zero-order valence-electron chi connectivity index (χ0n) is 12.3. The summed E-state index contributed by atoms with van der Waals surface area (Å²) in [6, 6.07) is 9.14. The number of carbonyl (C=O) groups excluding carboxylic acids is 2. The smallest absolute Gasteiger partial charge is 0.276 e. The van der Waals surface area contributed by atoms with Crippen LogP contribution in [0.2, 0.25) is 0 Å². The van der Waals surface area contributed by atoms with Gasteiger partial charge in [-0.15, -0.1) is 0 Å². The Morgan fingerprint density at radius 3 is 2.36 bits per heavy atom. The van der Waals surface area contributed by atoms with Crippen molar-refractivity contribution in [2.24, 2.45) is 7.05 Å². The fraction of sp³-hybridized carbons (Fsp3) is 0.200. The highest BCUT2D eigenvalue weighted by Gasteiger charge is 2.10. The maximum Gasteiger partial charge on any atom is 0.276 e. The van der Waals surface area contributed by atoms with Gasteiger partial charge in [-0.05, 0) is 37.3 Å². The van der Waals surface area contributed by atoms with Crippen molar-refractivity contribution < 1.29 is 9.59 Å². The van der Waals surface area contributed by atoms with Crippen molar-refractivity contribution >= 4 is 17.5 Å². The molecule has 1 heterocycles. The van der Waals surface area contributed by atoms with Crippen molar-refractivity contribution in [2.75, 3.05) is 11.9 Å². The molecule has 2 amide bonds. The summed E-state index contributed by atoms with van der Waals surface area (Å²) in [5, 5.41) is 9.21. The van der Waals surface area contributed by atoms with Crippen LogP contribution in [0.5, 0.6) is 0 Å². The van der Waals surface area contributed by atoms with Crippen molar-refractivity contribution in [3.63, 3.8) is 0 Å². The molecule has 114 valence electrons. The largest absolute Gasteiger partial charge is 0.352 e. The number of aryl methyl sites for hydroxylation is 1. The van der Waals surface area contributed by atoms with Gasteiger partial charge in [-0.25, -0.2) is 4.68 Å². The Morgan fingerprint density at radius 1 is 1.09 bits per heavy atom. The van der Waals surface area contributed by atoms with Crippen LogP contribution in [0.3, 0.4) is 0 Å². The van der Waals surface area contributed by atoms with Gasteiger partial charge >= 0.3 is 0 Å². The van der Waals surface area contributed by atoms with E-state index in [2.05, 4.69) is 15.7 Å². The van der Waals surface area contributed by atoms with Gasteiger partial charge in [0.2, 0.25) is 0 Å². The van der Waals surface area contributed by atoms with E-state index >= 15 is 0 Å². The average Bonchev–Trinajstić information content (AvgIpc) is 2.51. The molecule has 1 aromatic carbocycles. The van der Waals surface area contributed by atoms with E-state index in [0.717, 1.165) is 4.68 Å². The third-order valence-electron chi connectivity index (χ3n) is 2.94. The fourth-order valence-electron chi connectivity index (χ4n) is 1.79. The van der Waals surface area contributed by atoms with Crippen LogP contribution in [0.1, 0.15) is 27.8 Å². The Kier molecular flexibility index (Phi) is 4.67. The van der Waals surface area contributed by atoms with Gasteiger partial charge in [-0.2, -0.15) is 5.10 Å². The molecule has 0 radical (unpaired) electrons. The molecule has 0 spiro atoms. The van der Waals surface area contributed by atoms with Gasteiger partial charge in [0.15, 0.2) is 0 Å². The maximum absolute atomic E-state index is 12.0. The summed E-state index contributed by atoms with van der Waals surface area (Å²) in [4.78, 5) is 34.9. The van der Waals surface area contributed by atoms with Crippen LogP contribution >= 0.6 is 0 Å². The number of hydrogen-bond acceptors (Lipinski definition) is 4. The number of nitrogens with one attached hydrogen (secondary N) is 2. The van der Waals surface area contributed by atoms with Gasteiger partial charge in [-0.1, -0.05) is 0 Å². The number of amides is 2. The van der Waals surface area contributed by atoms with Gasteiger partial charge in [0.25, 0.3) is 17.4 Å². The second-order valence-corrected chi connectivity index (χ2v) is 4.57. The number of carbonyl (C=O) groups is 2. The molecule has 2 aromatic rings. The molecule has 0 atom stereocenters. The van der Waals surface area contributed by atoms with Crippen molar-refractivity contribution in [1.82, 2.24) is 15.1 Å². The molecule has 0 aliphatic heterocycles. The summed E-state index contributed by atoms with van der Waals surface area (Å²) in [5.41, 5.74) is 0.895. The second kappa shape index (κ2) is 6.66. The summed E-state index contributed by atoms with van der Waals surface area (Å²) in [6.45, 7) is 2.39. The molecule has 1 aromatic heterocycles. The fourth-order valence-corrected chi connectivity index (χ4v) is 1.79. The lowest BCUT2D eigenvalue weighted by Crippen LogP contribution is -2.24. The maximum atomic E-state index is 12.0. The molecule has 0 bridgehead atoms. The summed E-state index contributed by atoms with van der Waals surface area (Å²) in [7, 11) is 1.47. The van der Waals surface area contributed by atoms with E-state index in [0.29, 0.717) is 17.8 Å². The van der Waals surface area contributed by atoms with Crippen LogP contribution in [0.25, 0.3) is 0 Å². The van der Waals surface area contributed by atoms with E-state index in [4.69, 9.17) is 0 Å². The lowest BCUT2D eigenvalue weighted by Gasteiger charge is -2.07. The van der Waals surface area contributed by atoms with Crippen molar-refractivity contribution in [3.05, 3.63) is 58.0 Å². The number of nitrogens with zero attached hydrogens (tertiary/aromatic N) is 2. The van der Waals surface area contributed by atoms with Gasteiger partial charge < -0.3 is 10.6 Å². The minimum atomic E-state index is -0.429. The van der Waals surface area contributed by atoms with Crippen LogP contribution in [0.4, 0.5) is 5.69 Å². The number of benzene rings is 1. The first-order valence-corrected chi connectivity index (χ1v) is 6.75. The summed E-state index contributed by atoms with van der Waals surface area (Å²) in [6.07, 6.45) is 0. The third-order valence-corrected chi connectivity index (χ3v) is 2.94. The number of anilines is 1. The summed E-state index contributed by atoms with van der Waals surface area (Å²) in [5.74, 6) is -0.596. The van der Waals surface area contributed by atoms with Crippen LogP contribution in [-0.4, -0.2) is 28.1 Å². The van der Waals surface area contributed by atoms with Crippen LogP contribution in [0.15, 0.2) is 41.2 Å². The van der Waals surface area contributed by atoms with Crippen LogP contribution in [0, 0.1) is 0 Å². The van der Waals surface area contributed by atoms with Gasteiger partial charge in [0.1, 0.15) is 5.69 Å². The summed E-state index contributed by atoms with van der Waals surface area (Å²) >= 11 is 0. The van der Waals surface area contributed by atoms with E-state index in [1.165, 1.54) is 19.2 Å². The quantitative estimate of drug-likeness (QED) is 0.872. The predicted octanol–water partition coefficient (Wildman–Crippen LogP) is 0.782. The first-order valence-electron chi connectivity index (χ1n) is 6.75. The molecule has 7 heteroatoms. The number of aromatic nitrogens is 2. The van der Waals surface area contributed by atoms with Crippen LogP contribution in [-0.2, 0) is 7.05 Å². The molecule has 0 saturated heterocycles. The van der Waals surface area contributed by atoms with Gasteiger partial charge in [0.05, 0.1) is 0 Å². The first-order chi connectivity index (χ1) is 10.5. The molecule has 22 heavy (non-hydrogen) atoms. The van der Waals surface area contributed by atoms with E-state index in [-0.39, 0.29) is 17.2 Å². The van der Waals surface area contributed by atoms with Crippen LogP contribution < -0.4 is 16.2 Å². The van der Waals surface area contributed by atoms with E-state index in [9.17, 15) is 14.4 Å². The molecule has 0 aliphatic rings. The molecule has 0 saturated carbocycles. The Hall–Kier alpha value is -2.96. The van der Waals surface area contributed by atoms with Gasteiger partial charge in [-0.3, -0.25) is 14.4 Å². The third kappa shape index (κ3) is 3.57. The Labute approximate surface area is 127 Å². The lowest BCUT2D eigenvalue weighted by atomic mass is 10.2. The zero-order valence-corrected chi connectivity index (χ0v) is 12.3. The number of hydrogen-bond donors (Lipinski definition) is 2. The summed E-state index contributed by atoms with van der Waals surface area (Å²) < 4.78 is 1.09. The normalized spacial score (nSPS) is 10.1. The SMILES string of the molecule is CCNC(=O)c1ccc(NC(=O)c2ccc(=O)n(C)n2)cc1. The molecule has 0 fully saturated rings. The minimum Gasteiger partial charge on any atom is -0.352 e. The molecule has 0 aliphatic carbocycles. The molecule has 7 nitrogen and oxygen atoms in total. The van der Waals surface area contributed by atoms with E-state index in [1.54, 1.807) is 24.3 Å². The zero-order chi connectivity index (χ0) is 16.1. The lowest BCUT2D eigenvalue weighted by molar-refractivity contribution is 0.0955. The second-order valence-electron chi connectivity index (χ2n) is 4.57. The topological polar surface area (TPSA) is 93.1 Å². The molecule has 0 unspecified atom stereocenters.